The summed E-state index contributed by atoms with van der Waals surface area (Å²) in [4.78, 5) is 16.8. The normalized spacial score (nSPS) is 11.7. The van der Waals surface area contributed by atoms with Crippen molar-refractivity contribution in [2.75, 3.05) is 0 Å². The molecule has 0 fully saturated rings. The lowest BCUT2D eigenvalue weighted by molar-refractivity contribution is -0.400. The molecule has 23 heavy (non-hydrogen) atoms. The molecule has 2 aromatic carbocycles. The molecule has 0 spiro atoms. The fourth-order valence-corrected chi connectivity index (χ4v) is 2.99. The van der Waals surface area contributed by atoms with Crippen molar-refractivity contribution in [1.82, 2.24) is 9.97 Å². The largest absolute Gasteiger partial charge is 0.361 e. The number of hydrogen-bond donors (Lipinski definition) is 2. The van der Waals surface area contributed by atoms with Crippen LogP contribution in [0.3, 0.4) is 0 Å². The lowest BCUT2D eigenvalue weighted by Crippen LogP contribution is -1.84. The van der Waals surface area contributed by atoms with Crippen molar-refractivity contribution < 1.29 is 4.92 Å². The van der Waals surface area contributed by atoms with Gasteiger partial charge in [0.15, 0.2) is 0 Å². The van der Waals surface area contributed by atoms with Crippen molar-refractivity contribution in [3.63, 3.8) is 0 Å². The third kappa shape index (κ3) is 2.19. The van der Waals surface area contributed by atoms with Gasteiger partial charge < -0.3 is 9.97 Å². The lowest BCUT2D eigenvalue weighted by atomic mass is 10.0. The van der Waals surface area contributed by atoms with E-state index in [2.05, 4.69) is 9.97 Å². The Hall–Kier alpha value is -3.34. The Labute approximate surface area is 131 Å². The minimum atomic E-state index is -0.454. The maximum Gasteiger partial charge on any atom is 0.236 e. The smallest absolute Gasteiger partial charge is 0.236 e. The molecule has 0 saturated carbocycles. The second-order valence-electron chi connectivity index (χ2n) is 5.31. The van der Waals surface area contributed by atoms with E-state index in [4.69, 9.17) is 0 Å². The molecule has 5 heteroatoms. The summed E-state index contributed by atoms with van der Waals surface area (Å²) in [5.41, 5.74) is 4.72. The highest BCUT2D eigenvalue weighted by molar-refractivity contribution is 6.07. The van der Waals surface area contributed by atoms with Gasteiger partial charge in [0.1, 0.15) is 0 Å². The number of benzene rings is 2. The fourth-order valence-electron chi connectivity index (χ4n) is 2.99. The van der Waals surface area contributed by atoms with Crippen LogP contribution >= 0.6 is 0 Å². The van der Waals surface area contributed by atoms with E-state index in [-0.39, 0.29) is 0 Å². The zero-order chi connectivity index (χ0) is 15.8. The Balaban J connectivity index is 2.04. The molecule has 0 amide bonds. The quantitative estimate of drug-likeness (QED) is 0.430. The summed E-state index contributed by atoms with van der Waals surface area (Å²) in [6, 6.07) is 15.9. The molecule has 0 aliphatic rings. The second-order valence-corrected chi connectivity index (χ2v) is 5.31. The van der Waals surface area contributed by atoms with E-state index in [0.29, 0.717) is 0 Å². The number of fused-ring (bicyclic) bond motifs is 2. The van der Waals surface area contributed by atoms with E-state index >= 15 is 0 Å². The summed E-state index contributed by atoms with van der Waals surface area (Å²) < 4.78 is 0. The number of nitrogens with one attached hydrogen (secondary N) is 2. The van der Waals surface area contributed by atoms with Crippen LogP contribution < -0.4 is 0 Å². The summed E-state index contributed by atoms with van der Waals surface area (Å²) in [5, 5.41) is 12.8. The first-order valence-corrected chi connectivity index (χ1v) is 7.23. The third-order valence-electron chi connectivity index (χ3n) is 3.96. The molecular formula is C18H13N3O2. The number of aromatic amines is 2. The first-order valence-electron chi connectivity index (χ1n) is 7.23. The van der Waals surface area contributed by atoms with Crippen LogP contribution in [-0.4, -0.2) is 14.9 Å². The number of nitro groups is 1. The first kappa shape index (κ1) is 13.3. The van der Waals surface area contributed by atoms with Gasteiger partial charge >= 0.3 is 0 Å². The van der Waals surface area contributed by atoms with E-state index in [9.17, 15) is 10.1 Å². The van der Waals surface area contributed by atoms with Crippen molar-refractivity contribution >= 4 is 27.9 Å². The molecule has 112 valence electrons. The molecule has 0 bridgehead atoms. The Morgan fingerprint density at radius 3 is 2.43 bits per heavy atom. The van der Waals surface area contributed by atoms with Crippen LogP contribution in [0.1, 0.15) is 5.69 Å². The molecule has 4 rings (SSSR count). The number of para-hydroxylation sites is 2. The van der Waals surface area contributed by atoms with Gasteiger partial charge in [-0.3, -0.25) is 10.1 Å². The minimum Gasteiger partial charge on any atom is -0.361 e. The Morgan fingerprint density at radius 1 is 0.957 bits per heavy atom. The zero-order valence-electron chi connectivity index (χ0n) is 12.1. The monoisotopic (exact) mass is 303 g/mol. The van der Waals surface area contributed by atoms with Crippen LogP contribution in [0.4, 0.5) is 0 Å². The molecule has 0 unspecified atom stereocenters. The average Bonchev–Trinajstić information content (AvgIpc) is 3.13. The third-order valence-corrected chi connectivity index (χ3v) is 3.96. The SMILES string of the molecule is O=[N+]([O-])/C=C/c1[nH]c2ccccc2c1-c1c[nH]c2ccccc12. The Morgan fingerprint density at radius 2 is 1.65 bits per heavy atom. The highest BCUT2D eigenvalue weighted by atomic mass is 16.6. The number of hydrogen-bond acceptors (Lipinski definition) is 2. The van der Waals surface area contributed by atoms with Gasteiger partial charge in [0, 0.05) is 45.2 Å². The Kier molecular flexibility index (Phi) is 2.98. The van der Waals surface area contributed by atoms with E-state index in [1.807, 2.05) is 54.7 Å². The lowest BCUT2D eigenvalue weighted by Gasteiger charge is -2.00. The predicted octanol–water partition coefficient (Wildman–Crippen LogP) is 4.56. The van der Waals surface area contributed by atoms with Crippen LogP contribution in [0.25, 0.3) is 39.0 Å². The Bertz CT molecular complexity index is 1060. The van der Waals surface area contributed by atoms with Crippen LogP contribution in [0.15, 0.2) is 60.9 Å². The molecule has 0 saturated heterocycles. The van der Waals surface area contributed by atoms with Crippen LogP contribution in [0, 0.1) is 10.1 Å². The molecule has 0 atom stereocenters. The van der Waals surface area contributed by atoms with E-state index in [1.165, 1.54) is 6.08 Å². The van der Waals surface area contributed by atoms with Crippen molar-refractivity contribution in [3.8, 4) is 11.1 Å². The second kappa shape index (κ2) is 5.14. The molecule has 0 aliphatic heterocycles. The van der Waals surface area contributed by atoms with Crippen LogP contribution in [0.5, 0.6) is 0 Å². The maximum absolute atomic E-state index is 10.7. The maximum atomic E-state index is 10.7. The first-order chi connectivity index (χ1) is 11.2. The van der Waals surface area contributed by atoms with Crippen LogP contribution in [-0.2, 0) is 0 Å². The number of rotatable bonds is 3. The summed E-state index contributed by atoms with van der Waals surface area (Å²) in [6.07, 6.45) is 4.42. The van der Waals surface area contributed by atoms with Gasteiger partial charge in [-0.25, -0.2) is 0 Å². The summed E-state index contributed by atoms with van der Waals surface area (Å²) in [6.45, 7) is 0. The number of H-pyrrole nitrogens is 2. The van der Waals surface area contributed by atoms with Crippen molar-refractivity contribution in [3.05, 3.63) is 76.7 Å². The van der Waals surface area contributed by atoms with Crippen molar-refractivity contribution in [2.24, 2.45) is 0 Å². The molecule has 2 heterocycles. The standard InChI is InChI=1S/C18H13N3O2/c22-21(23)10-9-17-18(13-6-2-4-8-16(13)20-17)14-11-19-15-7-3-1-5-12(14)15/h1-11,19-20H/b10-9+. The van der Waals surface area contributed by atoms with E-state index < -0.39 is 4.92 Å². The average molecular weight is 303 g/mol. The van der Waals surface area contributed by atoms with Gasteiger partial charge in [-0.1, -0.05) is 36.4 Å². The van der Waals surface area contributed by atoms with Gasteiger partial charge in [0.2, 0.25) is 6.20 Å². The van der Waals surface area contributed by atoms with E-state index in [1.54, 1.807) is 0 Å². The highest BCUT2D eigenvalue weighted by Gasteiger charge is 2.15. The van der Waals surface area contributed by atoms with Gasteiger partial charge in [-0.05, 0) is 12.1 Å². The number of nitrogens with zero attached hydrogens (tertiary/aromatic N) is 1. The van der Waals surface area contributed by atoms with Gasteiger partial charge in [0.25, 0.3) is 0 Å². The highest BCUT2D eigenvalue weighted by Crippen LogP contribution is 2.37. The van der Waals surface area contributed by atoms with Gasteiger partial charge in [-0.15, -0.1) is 0 Å². The molecular weight excluding hydrogens is 290 g/mol. The fraction of sp³-hybridized carbons (Fsp3) is 0. The van der Waals surface area contributed by atoms with Crippen molar-refractivity contribution in [1.29, 1.82) is 0 Å². The topological polar surface area (TPSA) is 74.7 Å². The van der Waals surface area contributed by atoms with Gasteiger partial charge in [0.05, 0.1) is 10.6 Å². The molecule has 4 aromatic rings. The molecule has 0 radical (unpaired) electrons. The summed E-state index contributed by atoms with van der Waals surface area (Å²) in [7, 11) is 0. The molecule has 2 N–H and O–H groups in total. The zero-order valence-corrected chi connectivity index (χ0v) is 12.1. The molecule has 2 aromatic heterocycles. The number of aromatic nitrogens is 2. The van der Waals surface area contributed by atoms with Crippen LogP contribution in [0.2, 0.25) is 0 Å². The molecule has 0 aliphatic carbocycles. The van der Waals surface area contributed by atoms with Gasteiger partial charge in [-0.2, -0.15) is 0 Å². The minimum absolute atomic E-state index is 0.454. The molecule has 5 nitrogen and oxygen atoms in total. The summed E-state index contributed by atoms with van der Waals surface area (Å²) in [5.74, 6) is 0. The predicted molar refractivity (Wildman–Crippen MR) is 91.6 cm³/mol. The summed E-state index contributed by atoms with van der Waals surface area (Å²) >= 11 is 0. The van der Waals surface area contributed by atoms with Crippen molar-refractivity contribution in [2.45, 2.75) is 0 Å². The van der Waals surface area contributed by atoms with E-state index in [0.717, 1.165) is 44.8 Å².